The maximum Gasteiger partial charge on any atom is 0.407 e. The van der Waals surface area contributed by atoms with Crippen molar-refractivity contribution in [3.05, 3.63) is 88.5 Å². The second-order valence-corrected chi connectivity index (χ2v) is 19.9. The number of H-pyrrole nitrogens is 2. The van der Waals surface area contributed by atoms with E-state index in [4.69, 9.17) is 19.4 Å². The fraction of sp³-hybridized carbons (Fsp3) is 0.520. The first-order chi connectivity index (χ1) is 31.9. The fourth-order valence-corrected chi connectivity index (χ4v) is 10.3. The van der Waals surface area contributed by atoms with Crippen molar-refractivity contribution in [3.63, 3.8) is 0 Å². The first kappa shape index (κ1) is 47.2. The number of alkyl carbamates (subject to hydrolysis) is 2. The molecule has 4 N–H and O–H groups in total. The van der Waals surface area contributed by atoms with E-state index in [-0.39, 0.29) is 29.1 Å². The molecular formula is C50H63F2N9O6. The van der Waals surface area contributed by atoms with Gasteiger partial charge in [0.25, 0.3) is 0 Å². The van der Waals surface area contributed by atoms with Crippen LogP contribution in [0.4, 0.5) is 24.1 Å². The minimum absolute atomic E-state index is 0.118. The molecule has 6 atom stereocenters. The fourth-order valence-electron chi connectivity index (χ4n) is 10.3. The Bertz CT molecular complexity index is 2510. The molecule has 0 bridgehead atoms. The molecule has 0 unspecified atom stereocenters. The van der Waals surface area contributed by atoms with E-state index < -0.39 is 60.1 Å². The van der Waals surface area contributed by atoms with Gasteiger partial charge in [0, 0.05) is 42.0 Å². The van der Waals surface area contributed by atoms with Gasteiger partial charge in [0.05, 0.1) is 60.5 Å². The number of hydrogen-bond donors (Lipinski definition) is 4. The summed E-state index contributed by atoms with van der Waals surface area (Å²) in [6.07, 6.45) is 2.42. The smallest absolute Gasteiger partial charge is 0.407 e. The molecule has 17 heteroatoms. The van der Waals surface area contributed by atoms with Crippen molar-refractivity contribution >= 4 is 51.8 Å². The monoisotopic (exact) mass is 923 g/mol. The van der Waals surface area contributed by atoms with E-state index in [1.165, 1.54) is 26.4 Å². The van der Waals surface area contributed by atoms with E-state index in [1.807, 2.05) is 39.8 Å². The van der Waals surface area contributed by atoms with E-state index >= 15 is 8.78 Å². The van der Waals surface area contributed by atoms with Crippen molar-refractivity contribution < 1.29 is 37.4 Å². The summed E-state index contributed by atoms with van der Waals surface area (Å²) in [5.41, 5.74) is 4.77. The number of carbonyl (C=O) groups is 4. The molecule has 0 saturated carbocycles. The molecule has 67 heavy (non-hydrogen) atoms. The normalized spacial score (nSPS) is 20.9. The first-order valence-corrected chi connectivity index (χ1v) is 23.4. The molecule has 15 nitrogen and oxygen atoms in total. The number of aromatic amines is 2. The maximum absolute atomic E-state index is 16.7. The lowest BCUT2D eigenvalue weighted by Gasteiger charge is -2.34. The summed E-state index contributed by atoms with van der Waals surface area (Å²) in [4.78, 5) is 74.1. The number of hydrogen-bond acceptors (Lipinski definition) is 9. The number of nitrogens with one attached hydrogen (secondary N) is 4. The third kappa shape index (κ3) is 9.25. The second kappa shape index (κ2) is 18.8. The summed E-state index contributed by atoms with van der Waals surface area (Å²) >= 11 is 0. The molecule has 5 aromatic rings. The summed E-state index contributed by atoms with van der Waals surface area (Å²) in [5.74, 6) is -0.687. The first-order valence-electron chi connectivity index (χ1n) is 23.4. The lowest BCUT2D eigenvalue weighted by atomic mass is 9.87. The van der Waals surface area contributed by atoms with E-state index in [0.29, 0.717) is 83.6 Å². The number of fused-ring (bicyclic) bond motifs is 2. The van der Waals surface area contributed by atoms with Crippen LogP contribution in [0.15, 0.2) is 48.5 Å². The zero-order chi connectivity index (χ0) is 48.1. The third-order valence-corrected chi connectivity index (χ3v) is 13.9. The molecule has 5 heterocycles. The highest BCUT2D eigenvalue weighted by atomic mass is 19.1. The molecule has 3 fully saturated rings. The lowest BCUT2D eigenvalue weighted by molar-refractivity contribution is -0.136. The van der Waals surface area contributed by atoms with Gasteiger partial charge in [-0.2, -0.15) is 0 Å². The highest BCUT2D eigenvalue weighted by molar-refractivity contribution is 5.88. The van der Waals surface area contributed by atoms with Gasteiger partial charge in [-0.25, -0.2) is 28.3 Å². The predicted molar refractivity (Wildman–Crippen MR) is 250 cm³/mol. The molecule has 3 aliphatic heterocycles. The van der Waals surface area contributed by atoms with E-state index in [9.17, 15) is 19.2 Å². The van der Waals surface area contributed by atoms with Crippen LogP contribution in [0.5, 0.6) is 0 Å². The molecule has 358 valence electrons. The molecule has 3 aromatic carbocycles. The van der Waals surface area contributed by atoms with Crippen molar-refractivity contribution in [2.75, 3.05) is 32.2 Å². The van der Waals surface area contributed by atoms with Gasteiger partial charge in [0.2, 0.25) is 11.8 Å². The lowest BCUT2D eigenvalue weighted by Crippen LogP contribution is -2.51. The van der Waals surface area contributed by atoms with Crippen molar-refractivity contribution in [3.8, 4) is 0 Å². The quantitative estimate of drug-likeness (QED) is 0.101. The average molecular weight is 924 g/mol. The van der Waals surface area contributed by atoms with Crippen LogP contribution in [0.25, 0.3) is 22.1 Å². The zero-order valence-corrected chi connectivity index (χ0v) is 39.8. The number of carbonyl (C=O) groups excluding carboxylic acids is 4. The number of methoxy groups -OCH3 is 2. The van der Waals surface area contributed by atoms with E-state index in [0.717, 1.165) is 24.1 Å². The average Bonchev–Trinajstić information content (AvgIpc) is 4.15. The number of aromatic nitrogens is 4. The van der Waals surface area contributed by atoms with Gasteiger partial charge >= 0.3 is 12.2 Å². The Hall–Kier alpha value is -6.26. The number of amides is 4. The van der Waals surface area contributed by atoms with Crippen LogP contribution in [-0.4, -0.2) is 93.1 Å². The van der Waals surface area contributed by atoms with Crippen LogP contribution in [0.3, 0.4) is 0 Å². The number of imidazole rings is 2. The van der Waals surface area contributed by atoms with Gasteiger partial charge in [-0.3, -0.25) is 9.59 Å². The van der Waals surface area contributed by atoms with Crippen LogP contribution in [0.1, 0.15) is 139 Å². The number of halogens is 2. The molecule has 0 spiro atoms. The summed E-state index contributed by atoms with van der Waals surface area (Å²) < 4.78 is 43.0. The van der Waals surface area contributed by atoms with Crippen molar-refractivity contribution in [2.24, 2.45) is 11.8 Å². The highest BCUT2D eigenvalue weighted by Crippen LogP contribution is 2.49. The number of benzene rings is 3. The molecule has 3 aliphatic rings. The second-order valence-electron chi connectivity index (χ2n) is 19.9. The van der Waals surface area contributed by atoms with E-state index in [2.05, 4.69) is 58.4 Å². The largest absolute Gasteiger partial charge is 0.453 e. The molecule has 3 saturated heterocycles. The zero-order valence-electron chi connectivity index (χ0n) is 39.8. The van der Waals surface area contributed by atoms with Crippen molar-refractivity contribution in [2.45, 2.75) is 129 Å². The summed E-state index contributed by atoms with van der Waals surface area (Å²) in [7, 11) is 2.52. The minimum atomic E-state index is -0.796. The van der Waals surface area contributed by atoms with E-state index in [1.54, 1.807) is 21.9 Å². The van der Waals surface area contributed by atoms with Crippen molar-refractivity contribution in [1.82, 2.24) is 40.4 Å². The van der Waals surface area contributed by atoms with Crippen LogP contribution in [0.2, 0.25) is 0 Å². The number of likely N-dealkylation sites (tertiary alicyclic amines) is 2. The summed E-state index contributed by atoms with van der Waals surface area (Å²) in [6.45, 7) is 14.8. The molecule has 2 aromatic heterocycles. The van der Waals surface area contributed by atoms with Gasteiger partial charge < -0.3 is 44.8 Å². The topological polar surface area (TPSA) is 178 Å². The Kier molecular flexibility index (Phi) is 13.2. The van der Waals surface area contributed by atoms with Crippen LogP contribution in [-0.2, 0) is 24.5 Å². The van der Waals surface area contributed by atoms with Crippen LogP contribution in [0, 0.1) is 23.5 Å². The molecule has 0 radical (unpaired) electrons. The number of rotatable bonds is 11. The predicted octanol–water partition coefficient (Wildman–Crippen LogP) is 9.19. The Morgan fingerprint density at radius 2 is 1.07 bits per heavy atom. The Morgan fingerprint density at radius 1 is 0.657 bits per heavy atom. The summed E-state index contributed by atoms with van der Waals surface area (Å²) in [6, 6.07) is 11.3. The Labute approximate surface area is 389 Å². The van der Waals surface area contributed by atoms with Gasteiger partial charge in [0.1, 0.15) is 35.4 Å². The third-order valence-electron chi connectivity index (χ3n) is 13.9. The number of anilines is 1. The van der Waals surface area contributed by atoms with Crippen molar-refractivity contribution in [1.29, 1.82) is 0 Å². The standard InChI is InChI=1S/C50H63F2N9O6/c1-26(2)42(57-48(64)66-8)46(62)59-20-10-12-40(59)44-53-34-22-30(32(51)24-36(34)55-44)38-18-19-39(61(38)29-16-14-28(15-17-29)50(5,6)7)31-23-35-37(25-33(31)52)56-45(54-35)41-13-11-21-60(41)47(63)43(27(3)4)58-49(65)67-9/h14-17,22-27,38-43H,10-13,18-21H2,1-9H3,(H,53,55)(H,54,56)(H,57,64)(H,58,65)/t38-,39-,40+,41+,42+,43+/m1/s1. The molecule has 0 aliphatic carbocycles. The van der Waals surface area contributed by atoms with Gasteiger partial charge in [-0.15, -0.1) is 0 Å². The van der Waals surface area contributed by atoms with Gasteiger partial charge in [0.15, 0.2) is 0 Å². The highest BCUT2D eigenvalue weighted by Gasteiger charge is 2.42. The minimum Gasteiger partial charge on any atom is -0.453 e. The Balaban J connectivity index is 1.12. The Morgan fingerprint density at radius 3 is 1.45 bits per heavy atom. The van der Waals surface area contributed by atoms with Gasteiger partial charge in [-0.05, 0) is 85.6 Å². The van der Waals surface area contributed by atoms with Crippen LogP contribution >= 0.6 is 0 Å². The summed E-state index contributed by atoms with van der Waals surface area (Å²) in [5, 5.41) is 5.36. The number of nitrogens with zero attached hydrogens (tertiary/aromatic N) is 5. The number of ether oxygens (including phenoxy) is 2. The maximum atomic E-state index is 16.7. The van der Waals surface area contributed by atoms with Gasteiger partial charge in [-0.1, -0.05) is 60.6 Å². The molecular weight excluding hydrogens is 861 g/mol. The SMILES string of the molecule is COC(=O)N[C@H](C(=O)N1CCC[C@H]1c1nc2cc(F)c([C@H]3CC[C@H](c4cc5[nH]c([C@@H]6CCCN6C(=O)[C@@H](NC(=O)OC)C(C)C)nc5cc4F)N3c3ccc(C(C)(C)C)cc3)cc2[nH]1)C(C)C. The van der Waals surface area contributed by atoms with Crippen LogP contribution < -0.4 is 15.5 Å². The molecule has 8 rings (SSSR count). The molecule has 4 amide bonds.